The normalized spacial score (nSPS) is 10.5. The molecule has 0 bridgehead atoms. The van der Waals surface area contributed by atoms with Crippen molar-refractivity contribution in [1.29, 1.82) is 0 Å². The van der Waals surface area contributed by atoms with Gasteiger partial charge in [-0.1, -0.05) is 18.2 Å². The van der Waals surface area contributed by atoms with Crippen LogP contribution >= 0.6 is 0 Å². The van der Waals surface area contributed by atoms with Crippen LogP contribution in [0.25, 0.3) is 0 Å². The van der Waals surface area contributed by atoms with Gasteiger partial charge < -0.3 is 19.8 Å². The van der Waals surface area contributed by atoms with Crippen LogP contribution in [0.1, 0.15) is 37.6 Å². The lowest BCUT2D eigenvalue weighted by atomic mass is 10.1. The average molecular weight is 441 g/mol. The van der Waals surface area contributed by atoms with E-state index in [1.807, 2.05) is 39.0 Å². The second-order valence-electron chi connectivity index (χ2n) is 7.57. The van der Waals surface area contributed by atoms with Gasteiger partial charge in [0.25, 0.3) is 11.8 Å². The molecule has 4 rings (SSSR count). The van der Waals surface area contributed by atoms with Crippen molar-refractivity contribution in [1.82, 2.24) is 4.98 Å². The molecule has 0 saturated heterocycles. The number of nitrogens with one attached hydrogen (secondary N) is 2. The summed E-state index contributed by atoms with van der Waals surface area (Å²) in [4.78, 5) is 29.6. The highest BCUT2D eigenvalue weighted by molar-refractivity contribution is 6.07. The first-order chi connectivity index (χ1) is 15.9. The lowest BCUT2D eigenvalue weighted by Crippen LogP contribution is -2.15. The maximum Gasteiger partial charge on any atom is 0.291 e. The van der Waals surface area contributed by atoms with Crippen molar-refractivity contribution in [2.45, 2.75) is 20.8 Å². The minimum Gasteiger partial charge on any atom is -0.459 e. The number of furan rings is 1. The topological polar surface area (TPSA) is 93.5 Å². The van der Waals surface area contributed by atoms with E-state index in [4.69, 9.17) is 9.15 Å². The Balaban J connectivity index is 1.54. The number of anilines is 2. The number of nitrogens with zero attached hydrogens (tertiary/aromatic N) is 1. The summed E-state index contributed by atoms with van der Waals surface area (Å²) < 4.78 is 11.1. The van der Waals surface area contributed by atoms with Gasteiger partial charge in [0.1, 0.15) is 11.4 Å². The fourth-order valence-electron chi connectivity index (χ4n) is 3.19. The largest absolute Gasteiger partial charge is 0.459 e. The Morgan fingerprint density at radius 3 is 2.45 bits per heavy atom. The molecule has 0 aliphatic rings. The molecule has 4 aromatic rings. The number of aromatic nitrogens is 1. The molecule has 2 heterocycles. The van der Waals surface area contributed by atoms with Gasteiger partial charge in [-0.3, -0.25) is 9.59 Å². The Morgan fingerprint density at radius 1 is 0.848 bits per heavy atom. The van der Waals surface area contributed by atoms with E-state index < -0.39 is 5.91 Å². The molecule has 0 aliphatic carbocycles. The van der Waals surface area contributed by atoms with Gasteiger partial charge in [0, 0.05) is 17.4 Å². The molecule has 7 nitrogen and oxygen atoms in total. The van der Waals surface area contributed by atoms with Gasteiger partial charge in [0.05, 0.1) is 6.26 Å². The summed E-state index contributed by atoms with van der Waals surface area (Å²) in [7, 11) is 0. The van der Waals surface area contributed by atoms with Crippen LogP contribution in [-0.4, -0.2) is 16.8 Å². The average Bonchev–Trinajstić information content (AvgIpc) is 3.35. The molecule has 0 unspecified atom stereocenters. The van der Waals surface area contributed by atoms with Crippen LogP contribution in [0.15, 0.2) is 77.5 Å². The molecule has 2 N–H and O–H groups in total. The van der Waals surface area contributed by atoms with E-state index in [1.165, 1.54) is 6.26 Å². The highest BCUT2D eigenvalue weighted by atomic mass is 16.5. The summed E-state index contributed by atoms with van der Waals surface area (Å²) >= 11 is 0. The van der Waals surface area contributed by atoms with Crippen molar-refractivity contribution in [3.05, 3.63) is 101 Å². The van der Waals surface area contributed by atoms with Gasteiger partial charge in [0.15, 0.2) is 5.76 Å². The molecule has 0 spiro atoms. The summed E-state index contributed by atoms with van der Waals surface area (Å²) in [5, 5.41) is 5.63. The molecule has 2 amide bonds. The third kappa shape index (κ3) is 4.93. The molecule has 33 heavy (non-hydrogen) atoms. The van der Waals surface area contributed by atoms with Crippen molar-refractivity contribution in [3.8, 4) is 11.6 Å². The van der Waals surface area contributed by atoms with E-state index in [0.717, 1.165) is 16.7 Å². The third-order valence-electron chi connectivity index (χ3n) is 5.27. The maximum atomic E-state index is 13.0. The molecule has 2 aromatic heterocycles. The molecule has 0 radical (unpaired) electrons. The number of pyridine rings is 1. The van der Waals surface area contributed by atoms with Gasteiger partial charge in [-0.25, -0.2) is 4.98 Å². The van der Waals surface area contributed by atoms with Crippen molar-refractivity contribution in [2.75, 3.05) is 10.6 Å². The first kappa shape index (κ1) is 21.8. The Hall–Kier alpha value is -4.39. The second kappa shape index (κ2) is 9.40. The van der Waals surface area contributed by atoms with Crippen LogP contribution in [-0.2, 0) is 0 Å². The summed E-state index contributed by atoms with van der Waals surface area (Å²) in [5.74, 6) is 0.396. The zero-order chi connectivity index (χ0) is 23.4. The number of hydrogen-bond donors (Lipinski definition) is 2. The first-order valence-electron chi connectivity index (χ1n) is 10.4. The number of rotatable bonds is 6. The molecule has 0 saturated carbocycles. The summed E-state index contributed by atoms with van der Waals surface area (Å²) in [6.45, 7) is 5.82. The Kier molecular flexibility index (Phi) is 6.22. The summed E-state index contributed by atoms with van der Waals surface area (Å²) in [6.07, 6.45) is 3.03. The van der Waals surface area contributed by atoms with Gasteiger partial charge in [-0.2, -0.15) is 0 Å². The van der Waals surface area contributed by atoms with E-state index >= 15 is 0 Å². The highest BCUT2D eigenvalue weighted by Gasteiger charge is 2.16. The zero-order valence-corrected chi connectivity index (χ0v) is 18.5. The standard InChI is InChI=1S/C26H23N3O4/c1-16-7-4-9-22(18(16)3)33-26-20(8-5-13-27-26)28-24(30)19-12-11-17(2)21(15-19)29-25(31)23-10-6-14-32-23/h4-15H,1-3H3,(H,28,30)(H,29,31). The Morgan fingerprint density at radius 2 is 1.67 bits per heavy atom. The number of ether oxygens (including phenoxy) is 1. The summed E-state index contributed by atoms with van der Waals surface area (Å²) in [5.41, 5.74) is 4.23. The lowest BCUT2D eigenvalue weighted by Gasteiger charge is -2.14. The van der Waals surface area contributed by atoms with E-state index in [9.17, 15) is 9.59 Å². The van der Waals surface area contributed by atoms with Crippen molar-refractivity contribution >= 4 is 23.2 Å². The first-order valence-corrected chi connectivity index (χ1v) is 10.4. The molecule has 0 aliphatic heterocycles. The molecule has 0 fully saturated rings. The molecule has 166 valence electrons. The molecule has 7 heteroatoms. The molecule has 0 atom stereocenters. The number of amides is 2. The van der Waals surface area contributed by atoms with Crippen LogP contribution in [0.3, 0.4) is 0 Å². The van der Waals surface area contributed by atoms with Gasteiger partial charge in [-0.05, 0) is 79.9 Å². The minimum absolute atomic E-state index is 0.188. The fraction of sp³-hybridized carbons (Fsp3) is 0.115. The van der Waals surface area contributed by atoms with Crippen LogP contribution in [0.4, 0.5) is 11.4 Å². The minimum atomic E-state index is -0.392. The fourth-order valence-corrected chi connectivity index (χ4v) is 3.19. The SMILES string of the molecule is Cc1ccc(C(=O)Nc2cccnc2Oc2cccc(C)c2C)cc1NC(=O)c1ccco1. The van der Waals surface area contributed by atoms with Crippen LogP contribution in [0, 0.1) is 20.8 Å². The Bertz CT molecular complexity index is 1310. The smallest absolute Gasteiger partial charge is 0.291 e. The third-order valence-corrected chi connectivity index (χ3v) is 5.27. The molecular weight excluding hydrogens is 418 g/mol. The van der Waals surface area contributed by atoms with Gasteiger partial charge in [-0.15, -0.1) is 0 Å². The number of carbonyl (C=O) groups is 2. The second-order valence-corrected chi connectivity index (χ2v) is 7.57. The number of carbonyl (C=O) groups excluding carboxylic acids is 2. The van der Waals surface area contributed by atoms with E-state index in [2.05, 4.69) is 15.6 Å². The molecular formula is C26H23N3O4. The predicted octanol–water partition coefficient (Wildman–Crippen LogP) is 5.90. The maximum absolute atomic E-state index is 13.0. The van der Waals surface area contributed by atoms with Crippen LogP contribution < -0.4 is 15.4 Å². The quantitative estimate of drug-likeness (QED) is 0.389. The molecule has 2 aromatic carbocycles. The van der Waals surface area contributed by atoms with E-state index in [0.29, 0.717) is 22.7 Å². The van der Waals surface area contributed by atoms with Crippen LogP contribution in [0.2, 0.25) is 0 Å². The van der Waals surface area contributed by atoms with Crippen LogP contribution in [0.5, 0.6) is 11.6 Å². The predicted molar refractivity (Wildman–Crippen MR) is 126 cm³/mol. The van der Waals surface area contributed by atoms with Crippen molar-refractivity contribution < 1.29 is 18.7 Å². The number of hydrogen-bond acceptors (Lipinski definition) is 5. The summed E-state index contributed by atoms with van der Waals surface area (Å²) in [6, 6.07) is 17.5. The highest BCUT2D eigenvalue weighted by Crippen LogP contribution is 2.30. The Labute approximate surface area is 191 Å². The van der Waals surface area contributed by atoms with Gasteiger partial charge >= 0.3 is 0 Å². The van der Waals surface area contributed by atoms with Crippen molar-refractivity contribution in [2.24, 2.45) is 0 Å². The number of aryl methyl sites for hydroxylation is 2. The van der Waals surface area contributed by atoms with E-state index in [-0.39, 0.29) is 17.5 Å². The monoisotopic (exact) mass is 441 g/mol. The number of benzene rings is 2. The zero-order valence-electron chi connectivity index (χ0n) is 18.5. The lowest BCUT2D eigenvalue weighted by molar-refractivity contribution is 0.0993. The van der Waals surface area contributed by atoms with Crippen molar-refractivity contribution in [3.63, 3.8) is 0 Å². The van der Waals surface area contributed by atoms with E-state index in [1.54, 1.807) is 48.7 Å². The van der Waals surface area contributed by atoms with Gasteiger partial charge in [0.2, 0.25) is 5.88 Å².